The first-order chi connectivity index (χ1) is 14.5. The molecule has 0 saturated heterocycles. The lowest BCUT2D eigenvalue weighted by Crippen LogP contribution is -2.49. The summed E-state index contributed by atoms with van der Waals surface area (Å²) in [4.78, 5) is 19.1. The highest BCUT2D eigenvalue weighted by molar-refractivity contribution is 6.34. The number of fused-ring (bicyclic) bond motifs is 3. The number of carbonyl (C=O) groups excluding carboxylic acids is 1. The number of carbonyl (C=O) groups is 1. The summed E-state index contributed by atoms with van der Waals surface area (Å²) in [6, 6.07) is 18.8. The largest absolute Gasteiger partial charge is 0.278 e. The predicted octanol–water partition coefficient (Wildman–Crippen LogP) is 5.17. The third-order valence-electron chi connectivity index (χ3n) is 5.28. The number of aryl methyl sites for hydroxylation is 3. The zero-order valence-corrected chi connectivity index (χ0v) is 17.5. The Hall–Kier alpha value is -3.35. The molecule has 0 unspecified atom stereocenters. The van der Waals surface area contributed by atoms with E-state index in [9.17, 15) is 4.79 Å². The monoisotopic (exact) mass is 418 g/mol. The Morgan fingerprint density at radius 1 is 0.933 bits per heavy atom. The van der Waals surface area contributed by atoms with Crippen LogP contribution < -0.4 is 10.0 Å². The van der Waals surface area contributed by atoms with Gasteiger partial charge in [0.2, 0.25) is 5.84 Å². The molecule has 5 rings (SSSR count). The second-order valence-electron chi connectivity index (χ2n) is 7.42. The molecule has 2 heterocycles. The SMILES string of the molecule is Cc1cc(C)c(C2=NON3N(C(=O)c4ccccc4Cl)c4ccccc4N23)c(C)c1. The summed E-state index contributed by atoms with van der Waals surface area (Å²) in [6.45, 7) is 6.17. The van der Waals surface area contributed by atoms with Gasteiger partial charge in [0.25, 0.3) is 5.91 Å². The van der Waals surface area contributed by atoms with Crippen LogP contribution in [0.25, 0.3) is 0 Å². The molecule has 7 heteroatoms. The molecule has 0 saturated carbocycles. The standard InChI is InChI=1S/C23H19ClN4O2/c1-14-12-15(2)21(16(3)13-14)22-25-30-28-26(22)19-10-6-7-11-20(19)27(28)23(29)17-8-4-5-9-18(17)24/h4-13H,1-3H3. The highest BCUT2D eigenvalue weighted by atomic mass is 35.5. The molecule has 0 fully saturated rings. The van der Waals surface area contributed by atoms with Crippen molar-refractivity contribution in [2.45, 2.75) is 20.8 Å². The maximum atomic E-state index is 13.4. The fourth-order valence-corrected chi connectivity index (χ4v) is 4.31. The molecule has 1 amide bonds. The summed E-state index contributed by atoms with van der Waals surface area (Å²) in [5.74, 6) is 0.330. The van der Waals surface area contributed by atoms with Crippen LogP contribution in [0.4, 0.5) is 11.4 Å². The van der Waals surface area contributed by atoms with Crippen LogP contribution in [0.3, 0.4) is 0 Å². The highest BCUT2D eigenvalue weighted by Gasteiger charge is 2.47. The maximum Gasteiger partial charge on any atom is 0.278 e. The van der Waals surface area contributed by atoms with Gasteiger partial charge in [-0.3, -0.25) is 9.73 Å². The van der Waals surface area contributed by atoms with Gasteiger partial charge in [0.05, 0.1) is 27.2 Å². The van der Waals surface area contributed by atoms with Gasteiger partial charge in [-0.25, -0.2) is 0 Å². The van der Waals surface area contributed by atoms with Crippen LogP contribution in [0.5, 0.6) is 0 Å². The molecule has 0 radical (unpaired) electrons. The minimum Gasteiger partial charge on any atom is -0.267 e. The number of anilines is 2. The molecule has 0 aliphatic carbocycles. The Labute approximate surface area is 179 Å². The molecule has 2 aliphatic heterocycles. The number of hydrogen-bond donors (Lipinski definition) is 0. The van der Waals surface area contributed by atoms with Crippen LogP contribution in [-0.4, -0.2) is 17.0 Å². The van der Waals surface area contributed by atoms with Gasteiger partial charge in [0, 0.05) is 5.56 Å². The van der Waals surface area contributed by atoms with E-state index < -0.39 is 0 Å². The summed E-state index contributed by atoms with van der Waals surface area (Å²) in [5, 5.41) is 9.35. The Morgan fingerprint density at radius 2 is 1.57 bits per heavy atom. The smallest absolute Gasteiger partial charge is 0.267 e. The summed E-state index contributed by atoms with van der Waals surface area (Å²) in [5.41, 5.74) is 6.21. The Balaban J connectivity index is 1.63. The van der Waals surface area contributed by atoms with Gasteiger partial charge in [-0.15, -0.1) is 0 Å². The number of nitrogens with zero attached hydrogens (tertiary/aromatic N) is 4. The quantitative estimate of drug-likeness (QED) is 0.576. The lowest BCUT2D eigenvalue weighted by atomic mass is 9.98. The second-order valence-corrected chi connectivity index (χ2v) is 7.83. The number of benzene rings is 3. The van der Waals surface area contributed by atoms with Gasteiger partial charge in [0.1, 0.15) is 0 Å². The molecule has 0 bridgehead atoms. The van der Waals surface area contributed by atoms with E-state index in [0.717, 1.165) is 22.4 Å². The molecule has 150 valence electrons. The van der Waals surface area contributed by atoms with E-state index in [4.69, 9.17) is 16.5 Å². The van der Waals surface area contributed by atoms with Crippen molar-refractivity contribution < 1.29 is 9.73 Å². The Morgan fingerprint density at radius 3 is 2.27 bits per heavy atom. The van der Waals surface area contributed by atoms with Crippen molar-refractivity contribution in [2.75, 3.05) is 10.0 Å². The minimum absolute atomic E-state index is 0.302. The van der Waals surface area contributed by atoms with Gasteiger partial charge in [-0.05, 0) is 61.3 Å². The highest BCUT2D eigenvalue weighted by Crippen LogP contribution is 2.43. The average molecular weight is 419 g/mol. The normalized spacial score (nSPS) is 15.0. The zero-order chi connectivity index (χ0) is 21.0. The van der Waals surface area contributed by atoms with Gasteiger partial charge in [0.15, 0.2) is 0 Å². The molecule has 3 aromatic carbocycles. The first kappa shape index (κ1) is 18.7. The van der Waals surface area contributed by atoms with E-state index in [1.807, 2.05) is 29.3 Å². The first-order valence-electron chi connectivity index (χ1n) is 9.59. The molecule has 6 nitrogen and oxygen atoms in total. The fourth-order valence-electron chi connectivity index (χ4n) is 4.10. The molecule has 2 aliphatic rings. The number of hydrazine groups is 2. The number of rotatable bonds is 2. The van der Waals surface area contributed by atoms with E-state index >= 15 is 0 Å². The summed E-state index contributed by atoms with van der Waals surface area (Å²) in [7, 11) is 0. The van der Waals surface area contributed by atoms with Crippen LogP contribution in [-0.2, 0) is 4.94 Å². The number of amidine groups is 1. The number of halogens is 1. The van der Waals surface area contributed by atoms with E-state index in [1.54, 1.807) is 24.3 Å². The number of oxime groups is 1. The van der Waals surface area contributed by atoms with Crippen LogP contribution >= 0.6 is 11.6 Å². The molecule has 3 aromatic rings. The van der Waals surface area contributed by atoms with Gasteiger partial charge in [-0.1, -0.05) is 53.6 Å². The lowest BCUT2D eigenvalue weighted by molar-refractivity contribution is -0.135. The fraction of sp³-hybridized carbons (Fsp3) is 0.130. The van der Waals surface area contributed by atoms with E-state index in [2.05, 4.69) is 38.1 Å². The van der Waals surface area contributed by atoms with Crippen molar-refractivity contribution in [3.05, 3.63) is 93.5 Å². The maximum absolute atomic E-state index is 13.4. The van der Waals surface area contributed by atoms with E-state index in [0.29, 0.717) is 22.1 Å². The number of para-hydroxylation sites is 2. The van der Waals surface area contributed by atoms with Gasteiger partial charge in [-0.2, -0.15) is 10.0 Å². The summed E-state index contributed by atoms with van der Waals surface area (Å²) < 4.78 is 0. The van der Waals surface area contributed by atoms with Gasteiger partial charge < -0.3 is 0 Å². The number of amides is 1. The topological polar surface area (TPSA) is 48.4 Å². The third kappa shape index (κ3) is 2.69. The van der Waals surface area contributed by atoms with E-state index in [1.165, 1.54) is 15.9 Å². The van der Waals surface area contributed by atoms with Crippen molar-refractivity contribution in [1.29, 1.82) is 0 Å². The zero-order valence-electron chi connectivity index (χ0n) is 16.8. The molecule has 0 spiro atoms. The van der Waals surface area contributed by atoms with Crippen molar-refractivity contribution >= 4 is 34.7 Å². The minimum atomic E-state index is -0.302. The summed E-state index contributed by atoms with van der Waals surface area (Å²) >= 11 is 6.30. The van der Waals surface area contributed by atoms with Crippen LogP contribution in [0.1, 0.15) is 32.6 Å². The van der Waals surface area contributed by atoms with E-state index in [-0.39, 0.29) is 5.91 Å². The lowest BCUT2D eigenvalue weighted by Gasteiger charge is -2.25. The number of hydrogen-bond acceptors (Lipinski definition) is 5. The predicted molar refractivity (Wildman–Crippen MR) is 117 cm³/mol. The molecule has 0 N–H and O–H groups in total. The average Bonchev–Trinajstić information content (AvgIpc) is 3.26. The molecule has 0 aromatic heterocycles. The van der Waals surface area contributed by atoms with Crippen molar-refractivity contribution in [3.63, 3.8) is 0 Å². The van der Waals surface area contributed by atoms with Gasteiger partial charge >= 0.3 is 0 Å². The van der Waals surface area contributed by atoms with Crippen molar-refractivity contribution in [2.24, 2.45) is 5.16 Å². The molecular formula is C23H19ClN4O2. The third-order valence-corrected chi connectivity index (χ3v) is 5.61. The molecule has 0 atom stereocenters. The molecule has 30 heavy (non-hydrogen) atoms. The van der Waals surface area contributed by atoms with Crippen LogP contribution in [0, 0.1) is 20.8 Å². The first-order valence-corrected chi connectivity index (χ1v) is 9.96. The summed E-state index contributed by atoms with van der Waals surface area (Å²) in [6.07, 6.45) is 0. The van der Waals surface area contributed by atoms with Crippen LogP contribution in [0.15, 0.2) is 65.8 Å². The van der Waals surface area contributed by atoms with Crippen molar-refractivity contribution in [1.82, 2.24) is 5.28 Å². The Kier molecular flexibility index (Phi) is 4.27. The second kappa shape index (κ2) is 6.86. The van der Waals surface area contributed by atoms with Crippen molar-refractivity contribution in [3.8, 4) is 0 Å². The Bertz CT molecular complexity index is 1200. The van der Waals surface area contributed by atoms with Crippen LogP contribution in [0.2, 0.25) is 5.02 Å². The molecular weight excluding hydrogens is 400 g/mol.